The Kier molecular flexibility index (Phi) is 4.66. The zero-order valence-electron chi connectivity index (χ0n) is 10.8. The molecule has 19 heavy (non-hydrogen) atoms. The number of amides is 1. The molecule has 0 aliphatic rings. The minimum atomic E-state index is -3.42. The molecule has 0 aliphatic heterocycles. The first-order valence-corrected chi connectivity index (χ1v) is 7.29. The van der Waals surface area contributed by atoms with Crippen molar-refractivity contribution in [2.45, 2.75) is 13.3 Å². The molecule has 0 saturated carbocycles. The lowest BCUT2D eigenvalue weighted by molar-refractivity contribution is -0.115. The number of anilines is 1. The Morgan fingerprint density at radius 3 is 2.74 bits per heavy atom. The second kappa shape index (κ2) is 5.83. The van der Waals surface area contributed by atoms with Crippen LogP contribution < -0.4 is 10.9 Å². The molecule has 0 spiro atoms. The summed E-state index contributed by atoms with van der Waals surface area (Å²) in [6.07, 6.45) is 1.38. The fraction of sp³-hybridized carbons (Fsp3) is 0.333. The van der Waals surface area contributed by atoms with E-state index in [1.54, 1.807) is 26.2 Å². The molecule has 1 heterocycles. The van der Waals surface area contributed by atoms with E-state index < -0.39 is 15.7 Å². The van der Waals surface area contributed by atoms with E-state index in [-0.39, 0.29) is 23.4 Å². The SMILES string of the molecule is C=CS(=O)(=O)CCC(=O)Nc1c(C)ccn(C)c1=O. The predicted octanol–water partition coefficient (Wildman–Crippen LogP) is 0.581. The number of sulfone groups is 1. The van der Waals surface area contributed by atoms with E-state index >= 15 is 0 Å². The van der Waals surface area contributed by atoms with Crippen molar-refractivity contribution in [3.63, 3.8) is 0 Å². The van der Waals surface area contributed by atoms with E-state index in [2.05, 4.69) is 11.9 Å². The van der Waals surface area contributed by atoms with Crippen LogP contribution in [0.4, 0.5) is 5.69 Å². The summed E-state index contributed by atoms with van der Waals surface area (Å²) in [5.74, 6) is -0.842. The fourth-order valence-corrected chi connectivity index (χ4v) is 2.03. The first-order valence-electron chi connectivity index (χ1n) is 5.58. The van der Waals surface area contributed by atoms with E-state index in [0.29, 0.717) is 5.56 Å². The normalized spacial score (nSPS) is 11.1. The molecular weight excluding hydrogens is 268 g/mol. The first-order chi connectivity index (χ1) is 8.76. The lowest BCUT2D eigenvalue weighted by Gasteiger charge is -2.08. The highest BCUT2D eigenvalue weighted by molar-refractivity contribution is 7.94. The molecule has 0 bridgehead atoms. The number of aryl methyl sites for hydroxylation is 2. The minimum absolute atomic E-state index is 0.172. The van der Waals surface area contributed by atoms with Gasteiger partial charge in [0.05, 0.1) is 5.75 Å². The zero-order chi connectivity index (χ0) is 14.6. The molecule has 0 unspecified atom stereocenters. The summed E-state index contributed by atoms with van der Waals surface area (Å²) in [6, 6.07) is 1.69. The molecule has 104 valence electrons. The molecule has 1 aromatic rings. The summed E-state index contributed by atoms with van der Waals surface area (Å²) >= 11 is 0. The van der Waals surface area contributed by atoms with E-state index in [1.807, 2.05) is 0 Å². The molecule has 1 N–H and O–H groups in total. The van der Waals surface area contributed by atoms with Gasteiger partial charge >= 0.3 is 0 Å². The van der Waals surface area contributed by atoms with E-state index in [9.17, 15) is 18.0 Å². The molecular formula is C12H16N2O4S. The fourth-order valence-electron chi connectivity index (χ4n) is 1.39. The molecule has 0 aliphatic carbocycles. The summed E-state index contributed by atoms with van der Waals surface area (Å²) < 4.78 is 23.7. The van der Waals surface area contributed by atoms with Crippen molar-refractivity contribution in [1.82, 2.24) is 4.57 Å². The van der Waals surface area contributed by atoms with Gasteiger partial charge in [0.1, 0.15) is 5.69 Å². The Morgan fingerprint density at radius 1 is 1.53 bits per heavy atom. The second-order valence-corrected chi connectivity index (χ2v) is 6.19. The van der Waals surface area contributed by atoms with Crippen LogP contribution in [0.2, 0.25) is 0 Å². The van der Waals surface area contributed by atoms with Gasteiger partial charge in [-0.1, -0.05) is 6.58 Å². The standard InChI is InChI=1S/C12H16N2O4S/c1-4-19(17,18)8-6-10(15)13-11-9(2)5-7-14(3)12(11)16/h4-5,7H,1,6,8H2,2-3H3,(H,13,15). The maximum Gasteiger partial charge on any atom is 0.274 e. The van der Waals surface area contributed by atoms with Gasteiger partial charge in [-0.3, -0.25) is 9.59 Å². The highest BCUT2D eigenvalue weighted by atomic mass is 32.2. The predicted molar refractivity (Wildman–Crippen MR) is 73.7 cm³/mol. The molecule has 0 fully saturated rings. The summed E-state index contributed by atoms with van der Waals surface area (Å²) in [6.45, 7) is 4.85. The average molecular weight is 284 g/mol. The number of carbonyl (C=O) groups is 1. The van der Waals surface area contributed by atoms with Crippen LogP contribution in [0.3, 0.4) is 0 Å². The largest absolute Gasteiger partial charge is 0.321 e. The van der Waals surface area contributed by atoms with Crippen molar-refractivity contribution in [2.75, 3.05) is 11.1 Å². The maximum absolute atomic E-state index is 11.8. The Labute approximate surface area is 111 Å². The lowest BCUT2D eigenvalue weighted by Crippen LogP contribution is -2.25. The summed E-state index contributed by atoms with van der Waals surface area (Å²) in [4.78, 5) is 23.4. The van der Waals surface area contributed by atoms with Crippen LogP contribution in [0.1, 0.15) is 12.0 Å². The van der Waals surface area contributed by atoms with Crippen LogP contribution in [-0.4, -0.2) is 24.6 Å². The molecule has 7 heteroatoms. The molecule has 6 nitrogen and oxygen atoms in total. The van der Waals surface area contributed by atoms with Crippen LogP contribution >= 0.6 is 0 Å². The van der Waals surface area contributed by atoms with Gasteiger partial charge in [0.25, 0.3) is 5.56 Å². The highest BCUT2D eigenvalue weighted by Gasteiger charge is 2.13. The number of hydrogen-bond donors (Lipinski definition) is 1. The van der Waals surface area contributed by atoms with Gasteiger partial charge in [-0.05, 0) is 18.6 Å². The van der Waals surface area contributed by atoms with Gasteiger partial charge in [-0.25, -0.2) is 8.42 Å². The number of nitrogens with one attached hydrogen (secondary N) is 1. The third kappa shape index (κ3) is 4.06. The monoisotopic (exact) mass is 284 g/mol. The molecule has 0 saturated heterocycles. The number of nitrogens with zero attached hydrogens (tertiary/aromatic N) is 1. The smallest absolute Gasteiger partial charge is 0.274 e. The number of carbonyl (C=O) groups excluding carboxylic acids is 1. The van der Waals surface area contributed by atoms with Crippen molar-refractivity contribution in [1.29, 1.82) is 0 Å². The number of aromatic nitrogens is 1. The van der Waals surface area contributed by atoms with Gasteiger partial charge < -0.3 is 9.88 Å². The summed E-state index contributed by atoms with van der Waals surface area (Å²) in [5, 5.41) is 3.26. The molecule has 0 aromatic carbocycles. The Hall–Kier alpha value is -1.89. The van der Waals surface area contributed by atoms with Gasteiger partial charge in [0, 0.05) is 25.1 Å². The average Bonchev–Trinajstić information content (AvgIpc) is 2.37. The lowest BCUT2D eigenvalue weighted by atomic mass is 10.2. The zero-order valence-corrected chi connectivity index (χ0v) is 11.7. The van der Waals surface area contributed by atoms with E-state index in [0.717, 1.165) is 5.41 Å². The van der Waals surface area contributed by atoms with Crippen molar-refractivity contribution in [2.24, 2.45) is 7.05 Å². The molecule has 1 aromatic heterocycles. The first kappa shape index (κ1) is 15.2. The van der Waals surface area contributed by atoms with Crippen LogP contribution in [0, 0.1) is 6.92 Å². The molecule has 1 rings (SSSR count). The number of rotatable bonds is 5. The van der Waals surface area contributed by atoms with Crippen LogP contribution in [0.15, 0.2) is 29.0 Å². The van der Waals surface area contributed by atoms with Gasteiger partial charge in [0.2, 0.25) is 5.91 Å². The van der Waals surface area contributed by atoms with Gasteiger partial charge in [0.15, 0.2) is 9.84 Å². The van der Waals surface area contributed by atoms with Crippen LogP contribution in [-0.2, 0) is 21.7 Å². The topological polar surface area (TPSA) is 85.2 Å². The van der Waals surface area contributed by atoms with Crippen LogP contribution in [0.5, 0.6) is 0 Å². The maximum atomic E-state index is 11.8. The molecule has 0 radical (unpaired) electrons. The third-order valence-electron chi connectivity index (χ3n) is 2.61. The van der Waals surface area contributed by atoms with Crippen molar-refractivity contribution in [3.05, 3.63) is 40.2 Å². The number of hydrogen-bond acceptors (Lipinski definition) is 4. The van der Waals surface area contributed by atoms with Crippen LogP contribution in [0.25, 0.3) is 0 Å². The number of pyridine rings is 1. The van der Waals surface area contributed by atoms with Crippen molar-refractivity contribution < 1.29 is 13.2 Å². The Morgan fingerprint density at radius 2 is 2.16 bits per heavy atom. The van der Waals surface area contributed by atoms with E-state index in [4.69, 9.17) is 0 Å². The van der Waals surface area contributed by atoms with E-state index in [1.165, 1.54) is 4.57 Å². The minimum Gasteiger partial charge on any atom is -0.321 e. The molecule has 0 atom stereocenters. The van der Waals surface area contributed by atoms with Crippen molar-refractivity contribution in [3.8, 4) is 0 Å². The quantitative estimate of drug-likeness (QED) is 0.857. The van der Waals surface area contributed by atoms with Gasteiger partial charge in [-0.15, -0.1) is 0 Å². The molecule has 1 amide bonds. The second-order valence-electron chi connectivity index (χ2n) is 4.12. The Bertz CT molecular complexity index is 659. The van der Waals surface area contributed by atoms with Crippen molar-refractivity contribution >= 4 is 21.4 Å². The highest BCUT2D eigenvalue weighted by Crippen LogP contribution is 2.08. The Balaban J connectivity index is 2.82. The third-order valence-corrected chi connectivity index (χ3v) is 3.89. The van der Waals surface area contributed by atoms with Gasteiger partial charge in [-0.2, -0.15) is 0 Å². The summed E-state index contributed by atoms with van der Waals surface area (Å²) in [5.41, 5.74) is 0.467. The summed E-state index contributed by atoms with van der Waals surface area (Å²) in [7, 11) is -1.85.